The lowest BCUT2D eigenvalue weighted by Crippen LogP contribution is -2.16. The van der Waals surface area contributed by atoms with Crippen LogP contribution in [0.15, 0.2) is 48.8 Å². The predicted molar refractivity (Wildman–Crippen MR) is 111 cm³/mol. The van der Waals surface area contributed by atoms with Gasteiger partial charge in [0, 0.05) is 18.8 Å². The molecule has 0 aliphatic carbocycles. The summed E-state index contributed by atoms with van der Waals surface area (Å²) in [6.07, 6.45) is 7.31. The van der Waals surface area contributed by atoms with Gasteiger partial charge in [-0.15, -0.1) is 0 Å². The molecule has 144 valence electrons. The van der Waals surface area contributed by atoms with E-state index >= 15 is 0 Å². The highest BCUT2D eigenvalue weighted by molar-refractivity contribution is 5.83. The van der Waals surface area contributed by atoms with Crippen molar-refractivity contribution in [3.05, 3.63) is 59.9 Å². The van der Waals surface area contributed by atoms with Gasteiger partial charge >= 0.3 is 0 Å². The predicted octanol–water partition coefficient (Wildman–Crippen LogP) is 6.44. The lowest BCUT2D eigenvalue weighted by atomic mass is 9.86. The minimum Gasteiger partial charge on any atom is -0.498 e. The number of ether oxygens (including phenoxy) is 1. The number of allylic oxidation sites excluding steroid dienone is 2. The minimum atomic E-state index is 0.0451. The largest absolute Gasteiger partial charge is 0.498 e. The van der Waals surface area contributed by atoms with E-state index in [-0.39, 0.29) is 5.92 Å². The second-order valence-electron chi connectivity index (χ2n) is 7.03. The third kappa shape index (κ3) is 8.03. The van der Waals surface area contributed by atoms with Crippen LogP contribution in [0, 0.1) is 5.92 Å². The van der Waals surface area contributed by atoms with Crippen molar-refractivity contribution in [1.82, 2.24) is 0 Å². The molecular weight excluding hydrogens is 320 g/mol. The molecule has 0 amide bonds. The van der Waals surface area contributed by atoms with Crippen LogP contribution in [0.3, 0.4) is 0 Å². The van der Waals surface area contributed by atoms with Crippen LogP contribution >= 0.6 is 0 Å². The summed E-state index contributed by atoms with van der Waals surface area (Å²) < 4.78 is 5.42. The Labute approximate surface area is 160 Å². The van der Waals surface area contributed by atoms with Gasteiger partial charge < -0.3 is 4.74 Å². The van der Waals surface area contributed by atoms with E-state index in [0.717, 1.165) is 56.3 Å². The lowest BCUT2D eigenvalue weighted by Gasteiger charge is -2.18. The first-order valence-corrected chi connectivity index (χ1v) is 10.1. The molecule has 2 heteroatoms. The standard InChI is InChI=1S/C24H36O2/c1-6-10-19(4)23(24(25)11-7-2)13-9-12-21-14-16-22(17-15-21)18-20(5)26-8-3/h14-17,23H,4-13,18H2,1-3H3. The molecule has 0 saturated heterocycles. The molecule has 1 atom stereocenters. The Kier molecular flexibility index (Phi) is 10.7. The van der Waals surface area contributed by atoms with Crippen LogP contribution in [0.5, 0.6) is 0 Å². The first kappa shape index (κ1) is 22.2. The molecule has 1 aromatic rings. The van der Waals surface area contributed by atoms with Crippen LogP contribution in [0.1, 0.15) is 70.4 Å². The average molecular weight is 357 g/mol. The van der Waals surface area contributed by atoms with E-state index in [9.17, 15) is 4.79 Å². The maximum Gasteiger partial charge on any atom is 0.139 e. The van der Waals surface area contributed by atoms with Crippen molar-refractivity contribution in [1.29, 1.82) is 0 Å². The highest BCUT2D eigenvalue weighted by atomic mass is 16.5. The Bertz CT molecular complexity index is 550. The molecule has 0 saturated carbocycles. The second-order valence-corrected chi connectivity index (χ2v) is 7.03. The van der Waals surface area contributed by atoms with Crippen molar-refractivity contribution in [2.24, 2.45) is 5.92 Å². The van der Waals surface area contributed by atoms with Gasteiger partial charge in [-0.3, -0.25) is 4.79 Å². The van der Waals surface area contributed by atoms with E-state index in [1.54, 1.807) is 0 Å². The average Bonchev–Trinajstić information content (AvgIpc) is 2.60. The maximum atomic E-state index is 12.4. The summed E-state index contributed by atoms with van der Waals surface area (Å²) in [5, 5.41) is 0. The summed E-state index contributed by atoms with van der Waals surface area (Å²) in [5.74, 6) is 1.23. The monoisotopic (exact) mass is 356 g/mol. The number of ketones is 1. The van der Waals surface area contributed by atoms with Gasteiger partial charge in [0.25, 0.3) is 0 Å². The molecule has 0 aliphatic heterocycles. The van der Waals surface area contributed by atoms with E-state index in [4.69, 9.17) is 4.74 Å². The fourth-order valence-electron chi connectivity index (χ4n) is 3.33. The molecule has 0 N–H and O–H groups in total. The molecule has 1 unspecified atom stereocenters. The van der Waals surface area contributed by atoms with Gasteiger partial charge in [0.1, 0.15) is 5.78 Å². The van der Waals surface area contributed by atoms with Crippen molar-refractivity contribution in [2.45, 2.75) is 72.1 Å². The lowest BCUT2D eigenvalue weighted by molar-refractivity contribution is -0.122. The molecule has 0 aromatic heterocycles. The van der Waals surface area contributed by atoms with Crippen LogP contribution in [-0.2, 0) is 22.4 Å². The smallest absolute Gasteiger partial charge is 0.139 e. The van der Waals surface area contributed by atoms with Crippen LogP contribution in [0.2, 0.25) is 0 Å². The SMILES string of the molecule is C=C(Cc1ccc(CCCC(C(=C)CCC)C(=O)CCC)cc1)OCC. The maximum absolute atomic E-state index is 12.4. The topological polar surface area (TPSA) is 26.3 Å². The molecule has 0 aliphatic rings. The van der Waals surface area contributed by atoms with E-state index in [0.29, 0.717) is 18.8 Å². The molecular formula is C24H36O2. The zero-order valence-corrected chi connectivity index (χ0v) is 17.0. The summed E-state index contributed by atoms with van der Waals surface area (Å²) in [4.78, 5) is 12.4. The van der Waals surface area contributed by atoms with Gasteiger partial charge in [0.15, 0.2) is 0 Å². The summed E-state index contributed by atoms with van der Waals surface area (Å²) in [7, 11) is 0. The summed E-state index contributed by atoms with van der Waals surface area (Å²) in [6, 6.07) is 8.65. The Morgan fingerprint density at radius 1 is 1.00 bits per heavy atom. The van der Waals surface area contributed by atoms with Gasteiger partial charge in [-0.25, -0.2) is 0 Å². The third-order valence-electron chi connectivity index (χ3n) is 4.68. The molecule has 0 bridgehead atoms. The molecule has 0 fully saturated rings. The number of rotatable bonds is 14. The highest BCUT2D eigenvalue weighted by Gasteiger charge is 2.19. The highest BCUT2D eigenvalue weighted by Crippen LogP contribution is 2.24. The number of benzene rings is 1. The number of hydrogen-bond acceptors (Lipinski definition) is 2. The van der Waals surface area contributed by atoms with Crippen LogP contribution < -0.4 is 0 Å². The van der Waals surface area contributed by atoms with Gasteiger partial charge in [-0.1, -0.05) is 63.3 Å². The Hall–Kier alpha value is -1.83. The molecule has 1 rings (SSSR count). The van der Waals surface area contributed by atoms with E-state index in [1.165, 1.54) is 11.1 Å². The fourth-order valence-corrected chi connectivity index (χ4v) is 3.33. The normalized spacial score (nSPS) is 11.8. The molecule has 26 heavy (non-hydrogen) atoms. The number of carbonyl (C=O) groups excluding carboxylic acids is 1. The summed E-state index contributed by atoms with van der Waals surface area (Å²) >= 11 is 0. The minimum absolute atomic E-state index is 0.0451. The van der Waals surface area contributed by atoms with Crippen LogP contribution in [0.4, 0.5) is 0 Å². The van der Waals surface area contributed by atoms with Crippen LogP contribution in [-0.4, -0.2) is 12.4 Å². The number of aryl methyl sites for hydroxylation is 1. The first-order valence-electron chi connectivity index (χ1n) is 10.1. The number of carbonyl (C=O) groups is 1. The van der Waals surface area contributed by atoms with Gasteiger partial charge in [0.05, 0.1) is 12.4 Å². The number of Topliss-reactive ketones (excluding diaryl/α,β-unsaturated/α-hetero) is 1. The van der Waals surface area contributed by atoms with Crippen molar-refractivity contribution >= 4 is 5.78 Å². The van der Waals surface area contributed by atoms with E-state index in [1.807, 2.05) is 6.92 Å². The molecule has 2 nitrogen and oxygen atoms in total. The number of hydrogen-bond donors (Lipinski definition) is 0. The van der Waals surface area contributed by atoms with Crippen molar-refractivity contribution in [3.8, 4) is 0 Å². The van der Waals surface area contributed by atoms with Gasteiger partial charge in [0.2, 0.25) is 0 Å². The van der Waals surface area contributed by atoms with Crippen molar-refractivity contribution in [2.75, 3.05) is 6.61 Å². The van der Waals surface area contributed by atoms with Crippen molar-refractivity contribution < 1.29 is 9.53 Å². The zero-order valence-electron chi connectivity index (χ0n) is 17.0. The van der Waals surface area contributed by atoms with Gasteiger partial charge in [-0.2, -0.15) is 0 Å². The third-order valence-corrected chi connectivity index (χ3v) is 4.68. The molecule has 0 heterocycles. The molecule has 1 aromatic carbocycles. The van der Waals surface area contributed by atoms with Crippen LogP contribution in [0.25, 0.3) is 0 Å². The van der Waals surface area contributed by atoms with Crippen molar-refractivity contribution in [3.63, 3.8) is 0 Å². The first-order chi connectivity index (χ1) is 12.5. The quantitative estimate of drug-likeness (QED) is 0.283. The molecule has 0 radical (unpaired) electrons. The Morgan fingerprint density at radius 3 is 2.19 bits per heavy atom. The van der Waals surface area contributed by atoms with Gasteiger partial charge in [-0.05, 0) is 50.2 Å². The second kappa shape index (κ2) is 12.5. The fraction of sp³-hybridized carbons (Fsp3) is 0.542. The molecule has 0 spiro atoms. The summed E-state index contributed by atoms with van der Waals surface area (Å²) in [6.45, 7) is 15.0. The summed E-state index contributed by atoms with van der Waals surface area (Å²) in [5.41, 5.74) is 3.66. The van der Waals surface area contributed by atoms with E-state index in [2.05, 4.69) is 51.3 Å². The van der Waals surface area contributed by atoms with E-state index < -0.39 is 0 Å². The Morgan fingerprint density at radius 2 is 1.62 bits per heavy atom. The Balaban J connectivity index is 2.54. The zero-order chi connectivity index (χ0) is 19.4.